The second kappa shape index (κ2) is 7.88. The average Bonchev–Trinajstić information content (AvgIpc) is 3.42. The van der Waals surface area contributed by atoms with Gasteiger partial charge in [0.2, 0.25) is 0 Å². The molecule has 170 valence electrons. The van der Waals surface area contributed by atoms with E-state index in [1.165, 1.54) is 18.2 Å². The van der Waals surface area contributed by atoms with E-state index in [4.69, 9.17) is 10.1 Å². The predicted molar refractivity (Wildman–Crippen MR) is 119 cm³/mol. The molecule has 0 amide bonds. The maximum absolute atomic E-state index is 14.8. The molecule has 3 aliphatic rings. The van der Waals surface area contributed by atoms with E-state index in [9.17, 15) is 18.7 Å². The number of aromatic nitrogens is 2. The van der Waals surface area contributed by atoms with Crippen molar-refractivity contribution in [3.05, 3.63) is 76.6 Å². The summed E-state index contributed by atoms with van der Waals surface area (Å²) in [7, 11) is 0. The van der Waals surface area contributed by atoms with Crippen molar-refractivity contribution in [3.8, 4) is 0 Å². The monoisotopic (exact) mass is 451 g/mol. The molecular weight excluding hydrogens is 428 g/mol. The number of aromatic carboxylic acids is 1. The maximum Gasteiger partial charge on any atom is 0.335 e. The molecule has 6 nitrogen and oxygen atoms in total. The van der Waals surface area contributed by atoms with Crippen molar-refractivity contribution in [2.45, 2.75) is 38.3 Å². The second-order valence-electron chi connectivity index (χ2n) is 8.92. The summed E-state index contributed by atoms with van der Waals surface area (Å²) in [6, 6.07) is 7.04. The number of hydrogen-bond acceptors (Lipinski definition) is 4. The molecule has 33 heavy (non-hydrogen) atoms. The lowest BCUT2D eigenvalue weighted by Gasteiger charge is -2.36. The molecule has 1 aliphatic carbocycles. The SMILES string of the molecule is C/C=C\C(=N)c1ccc(Cc2nc3c(F)cc(C(=O)O)cc3n2CC23CC(CO2)C3)cc1F. The molecule has 3 aromatic rings. The fraction of sp³-hybridized carbons (Fsp3) is 0.320. The van der Waals surface area contributed by atoms with E-state index >= 15 is 0 Å². The first kappa shape index (κ1) is 21.5. The number of carbonyl (C=O) groups is 1. The van der Waals surface area contributed by atoms with Gasteiger partial charge in [-0.25, -0.2) is 18.6 Å². The summed E-state index contributed by atoms with van der Waals surface area (Å²) in [5, 5.41) is 17.4. The Hall–Kier alpha value is -3.39. The number of ether oxygens (including phenoxy) is 1. The normalized spacial score (nSPS) is 21.6. The molecule has 0 radical (unpaired) electrons. The third-order valence-electron chi connectivity index (χ3n) is 6.55. The number of nitrogens with zero attached hydrogens (tertiary/aromatic N) is 2. The lowest BCUT2D eigenvalue weighted by atomic mass is 9.74. The van der Waals surface area contributed by atoms with E-state index < -0.39 is 17.6 Å². The van der Waals surface area contributed by atoms with Crippen LogP contribution in [0, 0.1) is 23.0 Å². The van der Waals surface area contributed by atoms with Crippen LogP contribution < -0.4 is 0 Å². The number of imidazole rings is 1. The van der Waals surface area contributed by atoms with Gasteiger partial charge in [0.25, 0.3) is 0 Å². The van der Waals surface area contributed by atoms with Gasteiger partial charge in [0.15, 0.2) is 5.82 Å². The molecule has 2 N–H and O–H groups in total. The zero-order valence-corrected chi connectivity index (χ0v) is 18.1. The first-order valence-corrected chi connectivity index (χ1v) is 10.8. The summed E-state index contributed by atoms with van der Waals surface area (Å²) >= 11 is 0. The van der Waals surface area contributed by atoms with Gasteiger partial charge in [0.1, 0.15) is 17.2 Å². The zero-order chi connectivity index (χ0) is 23.3. The van der Waals surface area contributed by atoms with Crippen molar-refractivity contribution in [1.82, 2.24) is 9.55 Å². The summed E-state index contributed by atoms with van der Waals surface area (Å²) in [4.78, 5) is 16.0. The van der Waals surface area contributed by atoms with Gasteiger partial charge in [-0.15, -0.1) is 0 Å². The number of carboxylic acids is 1. The Kier molecular flexibility index (Phi) is 5.12. The van der Waals surface area contributed by atoms with Gasteiger partial charge in [0.05, 0.1) is 35.5 Å². The van der Waals surface area contributed by atoms with E-state index in [1.807, 2.05) is 4.57 Å². The quantitative estimate of drug-likeness (QED) is 0.509. The molecule has 1 saturated carbocycles. The van der Waals surface area contributed by atoms with Gasteiger partial charge < -0.3 is 19.8 Å². The van der Waals surface area contributed by atoms with Crippen molar-refractivity contribution >= 4 is 22.7 Å². The summed E-state index contributed by atoms with van der Waals surface area (Å²) in [5.41, 5.74) is 0.878. The smallest absolute Gasteiger partial charge is 0.335 e. The molecule has 1 aromatic heterocycles. The summed E-state index contributed by atoms with van der Waals surface area (Å²) in [6.07, 6.45) is 5.23. The van der Waals surface area contributed by atoms with Crippen LogP contribution in [-0.2, 0) is 17.7 Å². The maximum atomic E-state index is 14.8. The number of benzene rings is 2. The highest BCUT2D eigenvalue weighted by atomic mass is 19.1. The summed E-state index contributed by atoms with van der Waals surface area (Å²) < 4.78 is 37.3. The number of carboxylic acid groups (broad SMARTS) is 1. The standard InChI is InChI=1S/C25H23F2N3O3/c1-2-3-20(28)17-5-4-14(6-18(17)26)7-22-29-23-19(27)8-16(24(31)32)9-21(23)30(22)13-25-10-15(11-25)12-33-25/h2-6,8-9,15,28H,7,10-13H2,1H3,(H,31,32)/b3-2-,28-20?. The minimum atomic E-state index is -1.22. The van der Waals surface area contributed by atoms with Crippen LogP contribution in [0.4, 0.5) is 8.78 Å². The lowest BCUT2D eigenvalue weighted by Crippen LogP contribution is -2.41. The van der Waals surface area contributed by atoms with Gasteiger partial charge in [-0.05, 0) is 61.6 Å². The van der Waals surface area contributed by atoms with Crippen LogP contribution in [0.15, 0.2) is 42.5 Å². The molecule has 3 heterocycles. The van der Waals surface area contributed by atoms with Gasteiger partial charge in [-0.3, -0.25) is 0 Å². The van der Waals surface area contributed by atoms with Gasteiger partial charge >= 0.3 is 5.97 Å². The van der Waals surface area contributed by atoms with E-state index in [0.29, 0.717) is 36.0 Å². The molecule has 6 rings (SSSR count). The van der Waals surface area contributed by atoms with E-state index in [0.717, 1.165) is 18.9 Å². The van der Waals surface area contributed by atoms with Crippen molar-refractivity contribution in [1.29, 1.82) is 5.41 Å². The molecule has 8 heteroatoms. The van der Waals surface area contributed by atoms with Crippen LogP contribution >= 0.6 is 0 Å². The molecule has 2 bridgehead atoms. The molecule has 3 fully saturated rings. The highest BCUT2D eigenvalue weighted by Gasteiger charge is 2.52. The molecule has 2 aromatic carbocycles. The molecule has 0 spiro atoms. The lowest BCUT2D eigenvalue weighted by molar-refractivity contribution is -0.0132. The number of rotatable bonds is 7. The van der Waals surface area contributed by atoms with E-state index in [-0.39, 0.29) is 34.4 Å². The van der Waals surface area contributed by atoms with Gasteiger partial charge in [-0.2, -0.15) is 0 Å². The first-order valence-electron chi connectivity index (χ1n) is 10.8. The predicted octanol–water partition coefficient (Wildman–Crippen LogP) is 4.73. The first-order chi connectivity index (χ1) is 15.8. The van der Waals surface area contributed by atoms with Crippen LogP contribution in [0.25, 0.3) is 11.0 Å². The molecule has 2 aliphatic heterocycles. The second-order valence-corrected chi connectivity index (χ2v) is 8.92. The highest BCUT2D eigenvalue weighted by molar-refractivity contribution is 6.06. The third-order valence-corrected chi connectivity index (χ3v) is 6.55. The Bertz CT molecular complexity index is 1320. The average molecular weight is 451 g/mol. The minimum absolute atomic E-state index is 0.0779. The number of allylic oxidation sites excluding steroid dienone is 2. The van der Waals surface area contributed by atoms with Crippen molar-refractivity contribution in [3.63, 3.8) is 0 Å². The Morgan fingerprint density at radius 3 is 2.73 bits per heavy atom. The Labute approximate surface area is 189 Å². The van der Waals surface area contributed by atoms with Crippen molar-refractivity contribution in [2.24, 2.45) is 5.92 Å². The number of halogens is 2. The largest absolute Gasteiger partial charge is 0.478 e. The van der Waals surface area contributed by atoms with Gasteiger partial charge in [0, 0.05) is 12.0 Å². The van der Waals surface area contributed by atoms with Crippen LogP contribution in [0.1, 0.15) is 47.1 Å². The molecule has 2 saturated heterocycles. The number of hydrogen-bond donors (Lipinski definition) is 2. The van der Waals surface area contributed by atoms with Crippen LogP contribution in [0.3, 0.4) is 0 Å². The molecular formula is C25H23F2N3O3. The Balaban J connectivity index is 1.56. The molecule has 0 unspecified atom stereocenters. The Morgan fingerprint density at radius 2 is 2.09 bits per heavy atom. The van der Waals surface area contributed by atoms with E-state index in [2.05, 4.69) is 4.98 Å². The van der Waals surface area contributed by atoms with Crippen LogP contribution in [0.2, 0.25) is 0 Å². The fourth-order valence-corrected chi connectivity index (χ4v) is 4.98. The van der Waals surface area contributed by atoms with Gasteiger partial charge in [-0.1, -0.05) is 12.1 Å². The highest BCUT2D eigenvalue weighted by Crippen LogP contribution is 2.49. The summed E-state index contributed by atoms with van der Waals surface area (Å²) in [6.45, 7) is 2.89. The van der Waals surface area contributed by atoms with Crippen LogP contribution in [0.5, 0.6) is 0 Å². The molecule has 0 atom stereocenters. The van der Waals surface area contributed by atoms with Crippen molar-refractivity contribution in [2.75, 3.05) is 6.61 Å². The van der Waals surface area contributed by atoms with Crippen molar-refractivity contribution < 1.29 is 23.4 Å². The number of fused-ring (bicyclic) bond motifs is 2. The third kappa shape index (κ3) is 3.74. The topological polar surface area (TPSA) is 88.2 Å². The minimum Gasteiger partial charge on any atom is -0.478 e. The number of nitrogens with one attached hydrogen (secondary N) is 1. The Morgan fingerprint density at radius 1 is 1.30 bits per heavy atom. The van der Waals surface area contributed by atoms with E-state index in [1.54, 1.807) is 25.1 Å². The summed E-state index contributed by atoms with van der Waals surface area (Å²) in [5.74, 6) is -1.40. The van der Waals surface area contributed by atoms with Crippen LogP contribution in [-0.4, -0.2) is 38.5 Å². The fourth-order valence-electron chi connectivity index (χ4n) is 4.98. The zero-order valence-electron chi connectivity index (χ0n) is 18.1.